The summed E-state index contributed by atoms with van der Waals surface area (Å²) in [5.74, 6) is 0.792. The summed E-state index contributed by atoms with van der Waals surface area (Å²) in [5.41, 5.74) is 3.78. The highest BCUT2D eigenvalue weighted by Crippen LogP contribution is 2.33. The molecule has 3 rings (SSSR count). The van der Waals surface area contributed by atoms with Crippen LogP contribution in [0.2, 0.25) is 0 Å². The molecule has 0 unspecified atom stereocenters. The van der Waals surface area contributed by atoms with E-state index in [9.17, 15) is 0 Å². The zero-order chi connectivity index (χ0) is 17.6. The van der Waals surface area contributed by atoms with Crippen LogP contribution in [0, 0.1) is 6.92 Å². The summed E-state index contributed by atoms with van der Waals surface area (Å²) in [4.78, 5) is 4.49. The molecule has 25 heavy (non-hydrogen) atoms. The van der Waals surface area contributed by atoms with Gasteiger partial charge in [-0.05, 0) is 18.9 Å². The molecule has 0 spiro atoms. The van der Waals surface area contributed by atoms with Crippen molar-refractivity contribution in [2.75, 3.05) is 13.7 Å². The predicted molar refractivity (Wildman–Crippen MR) is 96.4 cm³/mol. The van der Waals surface area contributed by atoms with Crippen molar-refractivity contribution in [1.82, 2.24) is 19.3 Å². The van der Waals surface area contributed by atoms with Crippen LogP contribution in [0.5, 0.6) is 5.75 Å². The van der Waals surface area contributed by atoms with Crippen molar-refractivity contribution in [1.29, 1.82) is 0 Å². The molecule has 0 saturated heterocycles. The molecule has 0 saturated carbocycles. The quantitative estimate of drug-likeness (QED) is 0.591. The number of hydrogen-bond acceptors (Lipinski definition) is 4. The van der Waals surface area contributed by atoms with Gasteiger partial charge in [0.2, 0.25) is 0 Å². The number of methoxy groups -OCH3 is 1. The van der Waals surface area contributed by atoms with E-state index in [0.29, 0.717) is 13.2 Å². The third-order valence-electron chi connectivity index (χ3n) is 3.96. The maximum Gasteiger partial charge on any atom is 0.170 e. The molecule has 3 aromatic rings. The Morgan fingerprint density at radius 3 is 2.64 bits per heavy atom. The molecule has 0 aliphatic carbocycles. The van der Waals surface area contributed by atoms with Gasteiger partial charge in [-0.3, -0.25) is 4.68 Å². The highest BCUT2D eigenvalue weighted by molar-refractivity contribution is 5.64. The molecule has 2 aromatic heterocycles. The Kier molecular flexibility index (Phi) is 5.50. The van der Waals surface area contributed by atoms with E-state index in [2.05, 4.69) is 22.2 Å². The minimum absolute atomic E-state index is 0.505. The summed E-state index contributed by atoms with van der Waals surface area (Å²) in [6.45, 7) is 3.93. The number of ether oxygens (including phenoxy) is 2. The van der Waals surface area contributed by atoms with Gasteiger partial charge in [0.15, 0.2) is 5.75 Å². The zero-order valence-electron chi connectivity index (χ0n) is 15.0. The van der Waals surface area contributed by atoms with Crippen LogP contribution in [0.15, 0.2) is 42.9 Å². The van der Waals surface area contributed by atoms with Gasteiger partial charge < -0.3 is 14.0 Å². The van der Waals surface area contributed by atoms with Gasteiger partial charge >= 0.3 is 0 Å². The molecule has 6 nitrogen and oxygen atoms in total. The first kappa shape index (κ1) is 17.2. The van der Waals surface area contributed by atoms with Crippen LogP contribution in [0.25, 0.3) is 11.4 Å². The second-order valence-corrected chi connectivity index (χ2v) is 6.03. The highest BCUT2D eigenvalue weighted by Gasteiger charge is 2.20. The normalized spacial score (nSPS) is 11.0. The van der Waals surface area contributed by atoms with Gasteiger partial charge in [0.05, 0.1) is 6.33 Å². The summed E-state index contributed by atoms with van der Waals surface area (Å²) in [5, 5.41) is 4.67. The van der Waals surface area contributed by atoms with Crippen molar-refractivity contribution < 1.29 is 9.47 Å². The van der Waals surface area contributed by atoms with Gasteiger partial charge in [-0.15, -0.1) is 0 Å². The second kappa shape index (κ2) is 7.98. The maximum atomic E-state index is 6.14. The fourth-order valence-corrected chi connectivity index (χ4v) is 2.77. The van der Waals surface area contributed by atoms with Crippen molar-refractivity contribution in [2.24, 2.45) is 7.05 Å². The average Bonchev–Trinajstić information content (AvgIpc) is 3.17. The van der Waals surface area contributed by atoms with Crippen LogP contribution in [-0.4, -0.2) is 33.0 Å². The highest BCUT2D eigenvalue weighted by atomic mass is 16.5. The van der Waals surface area contributed by atoms with Gasteiger partial charge in [0, 0.05) is 33.5 Å². The molecule has 0 amide bonds. The number of benzene rings is 1. The molecular formula is C19H24N4O2. The van der Waals surface area contributed by atoms with Gasteiger partial charge in [-0.1, -0.05) is 30.3 Å². The van der Waals surface area contributed by atoms with Crippen LogP contribution >= 0.6 is 0 Å². The number of aryl methyl sites for hydroxylation is 3. The van der Waals surface area contributed by atoms with E-state index < -0.39 is 0 Å². The van der Waals surface area contributed by atoms with Gasteiger partial charge in [0.1, 0.15) is 23.7 Å². The fourth-order valence-electron chi connectivity index (χ4n) is 2.77. The molecule has 0 aliphatic heterocycles. The molecular weight excluding hydrogens is 316 g/mol. The maximum absolute atomic E-state index is 6.14. The minimum Gasteiger partial charge on any atom is -0.485 e. The summed E-state index contributed by atoms with van der Waals surface area (Å²) in [7, 11) is 3.67. The molecule has 132 valence electrons. The van der Waals surface area contributed by atoms with Crippen molar-refractivity contribution >= 4 is 0 Å². The third kappa shape index (κ3) is 4.09. The average molecular weight is 340 g/mol. The molecule has 0 fully saturated rings. The number of hydrogen-bond donors (Lipinski definition) is 0. The summed E-state index contributed by atoms with van der Waals surface area (Å²) >= 11 is 0. The van der Waals surface area contributed by atoms with Crippen LogP contribution < -0.4 is 4.74 Å². The number of rotatable bonds is 8. The molecule has 2 heterocycles. The topological polar surface area (TPSA) is 54.1 Å². The lowest BCUT2D eigenvalue weighted by Crippen LogP contribution is -2.06. The first-order valence-electron chi connectivity index (χ1n) is 8.40. The van der Waals surface area contributed by atoms with Crippen LogP contribution in [0.1, 0.15) is 17.7 Å². The SMILES string of the molecule is COCCCn1nc(C)c(OCc2ccccc2)c1-c1cn(C)cn1. The van der Waals surface area contributed by atoms with E-state index >= 15 is 0 Å². The Hall–Kier alpha value is -2.60. The third-order valence-corrected chi connectivity index (χ3v) is 3.96. The second-order valence-electron chi connectivity index (χ2n) is 6.03. The number of imidazole rings is 1. The minimum atomic E-state index is 0.505. The van der Waals surface area contributed by atoms with Crippen LogP contribution in [0.4, 0.5) is 0 Å². The van der Waals surface area contributed by atoms with Crippen molar-refractivity contribution in [3.63, 3.8) is 0 Å². The van der Waals surface area contributed by atoms with Gasteiger partial charge in [0.25, 0.3) is 0 Å². The first-order chi connectivity index (χ1) is 12.2. The Labute approximate surface area is 148 Å². The Morgan fingerprint density at radius 1 is 1.16 bits per heavy atom. The van der Waals surface area contributed by atoms with E-state index in [1.165, 1.54) is 0 Å². The van der Waals surface area contributed by atoms with Crippen molar-refractivity contribution in [3.05, 3.63) is 54.1 Å². The molecule has 0 aliphatic rings. The van der Waals surface area contributed by atoms with Gasteiger partial charge in [-0.2, -0.15) is 5.10 Å². The molecule has 0 atom stereocenters. The number of nitrogens with zero attached hydrogens (tertiary/aromatic N) is 4. The summed E-state index contributed by atoms with van der Waals surface area (Å²) < 4.78 is 15.2. The Bertz CT molecular complexity index is 808. The van der Waals surface area contributed by atoms with Crippen LogP contribution in [-0.2, 0) is 24.9 Å². The Morgan fingerprint density at radius 2 is 1.96 bits per heavy atom. The molecule has 6 heteroatoms. The summed E-state index contributed by atoms with van der Waals surface area (Å²) in [6, 6.07) is 10.1. The monoisotopic (exact) mass is 340 g/mol. The lowest BCUT2D eigenvalue weighted by atomic mass is 10.2. The van der Waals surface area contributed by atoms with E-state index in [4.69, 9.17) is 9.47 Å². The van der Waals surface area contributed by atoms with Crippen molar-refractivity contribution in [2.45, 2.75) is 26.5 Å². The number of aromatic nitrogens is 4. The van der Waals surface area contributed by atoms with E-state index in [0.717, 1.165) is 41.4 Å². The van der Waals surface area contributed by atoms with E-state index in [1.807, 2.05) is 47.6 Å². The largest absolute Gasteiger partial charge is 0.485 e. The van der Waals surface area contributed by atoms with E-state index in [1.54, 1.807) is 13.4 Å². The standard InChI is InChI=1S/C19H24N4O2/c1-15-19(25-13-16-8-5-4-6-9-16)18(17-12-22(2)14-20-17)23(21-15)10-7-11-24-3/h4-6,8-9,12,14H,7,10-11,13H2,1-3H3. The van der Waals surface area contributed by atoms with Crippen LogP contribution in [0.3, 0.4) is 0 Å². The fraction of sp³-hybridized carbons (Fsp3) is 0.368. The zero-order valence-corrected chi connectivity index (χ0v) is 15.0. The molecule has 1 aromatic carbocycles. The lowest BCUT2D eigenvalue weighted by molar-refractivity contribution is 0.189. The lowest BCUT2D eigenvalue weighted by Gasteiger charge is -2.09. The molecule has 0 radical (unpaired) electrons. The van der Waals surface area contributed by atoms with Crippen molar-refractivity contribution in [3.8, 4) is 17.1 Å². The smallest absolute Gasteiger partial charge is 0.170 e. The van der Waals surface area contributed by atoms with Gasteiger partial charge in [-0.25, -0.2) is 4.98 Å². The first-order valence-corrected chi connectivity index (χ1v) is 8.40. The Balaban J connectivity index is 1.89. The van der Waals surface area contributed by atoms with E-state index in [-0.39, 0.29) is 0 Å². The predicted octanol–water partition coefficient (Wildman–Crippen LogP) is 3.21. The molecule has 0 N–H and O–H groups in total. The molecule has 0 bridgehead atoms. The summed E-state index contributed by atoms with van der Waals surface area (Å²) in [6.07, 6.45) is 4.66.